The van der Waals surface area contributed by atoms with Gasteiger partial charge in [-0.15, -0.1) is 0 Å². The van der Waals surface area contributed by atoms with Crippen molar-refractivity contribution in [1.29, 1.82) is 0 Å². The fourth-order valence-electron chi connectivity index (χ4n) is 19.7. The molecule has 18 unspecified atom stereocenters. The fourth-order valence-corrected chi connectivity index (χ4v) is 19.7. The first-order valence-electron chi connectivity index (χ1n) is 52.1. The van der Waals surface area contributed by atoms with Gasteiger partial charge in [-0.2, -0.15) is 0 Å². The predicted molar refractivity (Wildman–Crippen MR) is 497 cm³/mol. The maximum absolute atomic E-state index is 13.8. The van der Waals surface area contributed by atoms with Crippen LogP contribution in [0, 0.1) is 0 Å². The van der Waals surface area contributed by atoms with Crippen molar-refractivity contribution in [2.75, 3.05) is 46.2 Å². The summed E-state index contributed by atoms with van der Waals surface area (Å²) in [5.74, 6) is -2.37. The minimum absolute atomic E-state index is 0.132. The molecule has 0 saturated carbocycles. The summed E-state index contributed by atoms with van der Waals surface area (Å²) in [5, 5.41) is 282. The van der Waals surface area contributed by atoms with E-state index in [1.54, 1.807) is 6.08 Å². The number of hydrogen-bond acceptors (Lipinski definition) is 45. The van der Waals surface area contributed by atoms with Crippen LogP contribution in [0.5, 0.6) is 0 Å². The molecule has 47 atom stereocenters. The summed E-state index contributed by atoms with van der Waals surface area (Å²) in [7, 11) is 0. The normalized spacial score (nSPS) is 41.3. The number of unbranched alkanes of at least 4 members (excludes halogenated alkanes) is 27. The topological polar surface area (TPSA) is 739 Å². The van der Waals surface area contributed by atoms with Crippen molar-refractivity contribution in [3.63, 3.8) is 0 Å². The molecule has 0 bridgehead atoms. The molecule has 840 valence electrons. The first-order chi connectivity index (χ1) is 68.9. The molecule has 9 saturated heterocycles. The van der Waals surface area contributed by atoms with Gasteiger partial charge in [0.15, 0.2) is 56.6 Å². The average Bonchev–Trinajstić information content (AvgIpc) is 0.754. The van der Waals surface area contributed by atoms with Gasteiger partial charge in [-0.1, -0.05) is 193 Å². The molecule has 0 aromatic carbocycles. The summed E-state index contributed by atoms with van der Waals surface area (Å²) in [5.41, 5.74) is 0. The van der Waals surface area contributed by atoms with Crippen LogP contribution in [0.15, 0.2) is 12.2 Å². The monoisotopic (exact) mass is 2090 g/mol. The zero-order valence-electron chi connectivity index (χ0n) is 83.8. The molecule has 144 heavy (non-hydrogen) atoms. The Labute approximate surface area is 840 Å². The van der Waals surface area contributed by atoms with Crippen LogP contribution in [0.25, 0.3) is 0 Å². The third-order valence-electron chi connectivity index (χ3n) is 28.5. The second-order valence-electron chi connectivity index (χ2n) is 39.7. The molecule has 0 aromatic heterocycles. The zero-order chi connectivity index (χ0) is 105. The summed E-state index contributed by atoms with van der Waals surface area (Å²) < 4.78 is 111. The lowest BCUT2D eigenvalue weighted by atomic mass is 9.93. The van der Waals surface area contributed by atoms with Crippen molar-refractivity contribution in [2.45, 2.75) is 529 Å². The first-order valence-corrected chi connectivity index (χ1v) is 52.1. The molecule has 27 N–H and O–H groups in total. The van der Waals surface area contributed by atoms with Crippen molar-refractivity contribution >= 4 is 17.7 Å². The van der Waals surface area contributed by atoms with Gasteiger partial charge in [-0.25, -0.2) is 0 Å². The Morgan fingerprint density at radius 3 is 0.944 bits per heavy atom. The Morgan fingerprint density at radius 2 is 0.569 bits per heavy atom. The number of carbonyl (C=O) groups excluding carboxylic acids is 3. The Hall–Kier alpha value is -3.53. The van der Waals surface area contributed by atoms with Crippen molar-refractivity contribution in [3.05, 3.63) is 12.2 Å². The van der Waals surface area contributed by atoms with E-state index in [1.165, 1.54) is 136 Å². The molecule has 3 amide bonds. The van der Waals surface area contributed by atoms with E-state index in [-0.39, 0.29) is 12.3 Å². The highest BCUT2D eigenvalue weighted by Gasteiger charge is 2.62. The average molecular weight is 2090 g/mol. The Bertz CT molecular complexity index is 3590. The van der Waals surface area contributed by atoms with Crippen LogP contribution < -0.4 is 16.0 Å². The zero-order valence-corrected chi connectivity index (χ0v) is 83.8. The molecule has 9 rings (SSSR count). The van der Waals surface area contributed by atoms with E-state index in [9.17, 15) is 137 Å². The SMILES string of the molecule is CCCCCCCCCCCCC/C=C/[C@@H](O)[C@H](CO[C@@H]1OC(CO)[C@@H](O[C@@H]2OC(CO)[C@H](O)[C@H](O[C@@H]3OC(CO)[C@@H](O[C@@H]4OC(CO)[C@H](O)[C@H](O[C@@H]5OC(CO)[C@@H](O[C@@H]6OC(CO)[C@H](O)[C@H](O)C6O[C@H]6OC(C)[C@@H](O)C(O)[C@@H]6O)[C@H](O[C@H]6OC(C)[C@@H](O)C(O)[C@@H]6O)C5NC(C)=O)C4O)[C@H](O[C@H]4OC(C)[C@@H](O)C(O)[C@@H]4O)C3NC(C)=O)C2O)[C@H](O)C1O)NC(=O)CCCCCCCCCCCCCCCCCCC. The van der Waals surface area contributed by atoms with Gasteiger partial charge in [0, 0.05) is 20.3 Å². The summed E-state index contributed by atoms with van der Waals surface area (Å²) >= 11 is 0. The van der Waals surface area contributed by atoms with E-state index in [0.717, 1.165) is 71.6 Å². The molecule has 0 spiro atoms. The molecule has 0 radical (unpaired) electrons. The van der Waals surface area contributed by atoms with Crippen LogP contribution in [0.1, 0.15) is 241 Å². The van der Waals surface area contributed by atoms with E-state index in [2.05, 4.69) is 29.8 Å². The number of nitrogens with one attached hydrogen (secondary N) is 3. The van der Waals surface area contributed by atoms with Gasteiger partial charge in [0.1, 0.15) is 201 Å². The fraction of sp³-hybridized carbons (Fsp3) is 0.948. The lowest BCUT2D eigenvalue weighted by molar-refractivity contribution is -0.404. The van der Waals surface area contributed by atoms with Crippen LogP contribution in [0.2, 0.25) is 0 Å². The number of carbonyl (C=O) groups is 3. The molecule has 48 heteroatoms. The lowest BCUT2D eigenvalue weighted by Gasteiger charge is -2.53. The van der Waals surface area contributed by atoms with Crippen LogP contribution in [0.3, 0.4) is 0 Å². The maximum Gasteiger partial charge on any atom is 0.220 e. The van der Waals surface area contributed by atoms with Crippen LogP contribution >= 0.6 is 0 Å². The summed E-state index contributed by atoms with van der Waals surface area (Å²) in [6.45, 7) is 2.72. The molecule has 9 heterocycles. The molecule has 0 aliphatic carbocycles. The minimum atomic E-state index is -2.51. The van der Waals surface area contributed by atoms with E-state index in [1.807, 2.05) is 6.08 Å². The third kappa shape index (κ3) is 34.5. The number of hydrogen-bond donors (Lipinski definition) is 27. The van der Waals surface area contributed by atoms with Gasteiger partial charge >= 0.3 is 0 Å². The Kier molecular flexibility index (Phi) is 54.0. The summed E-state index contributed by atoms with van der Waals surface area (Å²) in [6.07, 6.45) is -52.2. The molecule has 9 aliphatic rings. The van der Waals surface area contributed by atoms with E-state index in [4.69, 9.17) is 85.3 Å². The highest BCUT2D eigenvalue weighted by Crippen LogP contribution is 2.42. The van der Waals surface area contributed by atoms with Crippen molar-refractivity contribution in [3.8, 4) is 0 Å². The number of ether oxygens (including phenoxy) is 18. The second-order valence-corrected chi connectivity index (χ2v) is 39.7. The van der Waals surface area contributed by atoms with E-state index >= 15 is 0 Å². The second kappa shape index (κ2) is 62.7. The third-order valence-corrected chi connectivity index (χ3v) is 28.5. The molecule has 48 nitrogen and oxygen atoms in total. The van der Waals surface area contributed by atoms with E-state index < -0.39 is 346 Å². The number of aliphatic hydroxyl groups is 24. The van der Waals surface area contributed by atoms with Crippen LogP contribution in [-0.4, -0.2) is 475 Å². The van der Waals surface area contributed by atoms with Gasteiger partial charge in [0.2, 0.25) is 17.7 Å². The number of amides is 3. The van der Waals surface area contributed by atoms with Gasteiger partial charge < -0.3 is 224 Å². The van der Waals surface area contributed by atoms with Crippen molar-refractivity contribution in [2.24, 2.45) is 0 Å². The maximum atomic E-state index is 13.8. The van der Waals surface area contributed by atoms with Crippen LogP contribution in [-0.2, 0) is 99.6 Å². The number of allylic oxidation sites excluding steroid dienone is 1. The molecule has 9 aliphatic heterocycles. The lowest BCUT2D eigenvalue weighted by Crippen LogP contribution is -2.72. The Morgan fingerprint density at radius 1 is 0.285 bits per heavy atom. The minimum Gasteiger partial charge on any atom is -0.394 e. The largest absolute Gasteiger partial charge is 0.394 e. The van der Waals surface area contributed by atoms with Gasteiger partial charge in [0.05, 0.1) is 76.7 Å². The molecule has 9 fully saturated rings. The molecule has 0 aromatic rings. The quantitative estimate of drug-likeness (QED) is 0.0200. The highest BCUT2D eigenvalue weighted by atomic mass is 16.8. The highest BCUT2D eigenvalue weighted by molar-refractivity contribution is 5.76. The Balaban J connectivity index is 0.932. The van der Waals surface area contributed by atoms with Crippen molar-refractivity contribution < 1.29 is 222 Å². The molecular formula is C96H171N3O45. The van der Waals surface area contributed by atoms with Crippen LogP contribution in [0.4, 0.5) is 0 Å². The van der Waals surface area contributed by atoms with E-state index in [0.29, 0.717) is 12.8 Å². The number of aliphatic hydroxyl groups excluding tert-OH is 24. The van der Waals surface area contributed by atoms with Gasteiger partial charge in [-0.3, -0.25) is 14.4 Å². The summed E-state index contributed by atoms with van der Waals surface area (Å²) in [4.78, 5) is 41.2. The molecular weight excluding hydrogens is 1920 g/mol. The first kappa shape index (κ1) is 124. The van der Waals surface area contributed by atoms with Crippen molar-refractivity contribution in [1.82, 2.24) is 16.0 Å². The predicted octanol–water partition coefficient (Wildman–Crippen LogP) is -5.09. The number of rotatable bonds is 60. The summed E-state index contributed by atoms with van der Waals surface area (Å²) in [6, 6.07) is -5.21. The van der Waals surface area contributed by atoms with Gasteiger partial charge in [0.25, 0.3) is 0 Å². The standard InChI is InChI=1S/C96H171N3O45/c1-8-10-12-14-16-18-20-22-23-24-25-27-29-31-33-35-37-39-60(109)99-52(53(108)38-36-34-32-30-28-26-21-19-17-15-13-11-9-2)46-127-90-77(124)73(120)80(57(43-103)136-90)137-94-78(125)85(67(114)55(41-101)131-94)142-88-61(97-50(6)106)83(140-91-74(121)69(116)63(110)47(3)128-91)81(58(44-104)134-88)138-95-79(126)86(68(115)56(42-102)132-95)143-89-62(98-51(7)107)84(141-92-75(122)70(117)64(111)48(4)129-92)82(59(45-105)135-89)139-96-87(72(119)66(113)54(40-100)133-96)144-93-76(123)71(118)65(112)49(5)130-93/h36,38,47-49,52-59,61-96,100-105,108,110-126H,8-35,37,39-46H2,1-7H3,(H,97,106)(H,98,107)(H,99,109)/b38-36+/t47?,48?,49?,52-,53+,54?,55?,56?,57?,58?,59?,61?,62?,63+,64+,65+,66-,67-,68-,69?,70?,71?,72-,73+,74-,75-,76-,77?,78?,79?,80+,81+,82+,83+,84+,85-,86-,87?,88-,89-,90+,91+,92+,93+,94-,95-,96-/m0/s1. The van der Waals surface area contributed by atoms with Gasteiger partial charge in [-0.05, 0) is 40.0 Å². The smallest absolute Gasteiger partial charge is 0.220 e.